The second-order valence-electron chi connectivity index (χ2n) is 11.8. The molecule has 9 nitrogen and oxygen atoms in total. The number of likely N-dealkylation sites (tertiary alicyclic amines) is 1. The van der Waals surface area contributed by atoms with Crippen molar-refractivity contribution in [3.05, 3.63) is 53.9 Å². The number of imidazole rings is 1. The summed E-state index contributed by atoms with van der Waals surface area (Å²) in [6.45, 7) is 14.7. The normalized spacial score (nSPS) is 14.9. The van der Waals surface area contributed by atoms with Crippen molar-refractivity contribution < 1.29 is 19.1 Å². The Labute approximate surface area is 234 Å². The average molecular weight is 554 g/mol. The van der Waals surface area contributed by atoms with Crippen LogP contribution in [0, 0.1) is 6.92 Å². The molecule has 0 bridgehead atoms. The molecule has 1 saturated heterocycles. The summed E-state index contributed by atoms with van der Waals surface area (Å²) in [5.74, 6) is 0. The van der Waals surface area contributed by atoms with Gasteiger partial charge in [-0.25, -0.2) is 19.1 Å². The molecule has 0 atom stereocenters. The highest BCUT2D eigenvalue weighted by Gasteiger charge is 2.30. The summed E-state index contributed by atoms with van der Waals surface area (Å²) < 4.78 is 13.1. The van der Waals surface area contributed by atoms with Crippen LogP contribution in [0.25, 0.3) is 5.65 Å². The number of carbonyl (C=O) groups is 2. The van der Waals surface area contributed by atoms with E-state index in [1.165, 1.54) is 0 Å². The molecule has 1 aliphatic heterocycles. The molecule has 0 N–H and O–H groups in total. The van der Waals surface area contributed by atoms with Gasteiger partial charge in [0.15, 0.2) is 5.65 Å². The van der Waals surface area contributed by atoms with Crippen LogP contribution in [0.15, 0.2) is 47.6 Å². The summed E-state index contributed by atoms with van der Waals surface area (Å²) in [5, 5.41) is 5.91. The van der Waals surface area contributed by atoms with E-state index in [9.17, 15) is 9.59 Å². The number of thioether (sulfide) groups is 1. The molecule has 2 amide bonds. The number of amides is 2. The zero-order valence-corrected chi connectivity index (χ0v) is 24.7. The van der Waals surface area contributed by atoms with Gasteiger partial charge in [0, 0.05) is 18.3 Å². The maximum Gasteiger partial charge on any atom is 0.415 e. The van der Waals surface area contributed by atoms with Gasteiger partial charge in [-0.1, -0.05) is 30.3 Å². The number of ether oxygens (including phenoxy) is 2. The van der Waals surface area contributed by atoms with E-state index in [1.807, 2.05) is 84.9 Å². The predicted molar refractivity (Wildman–Crippen MR) is 153 cm³/mol. The molecule has 3 aromatic rings. The van der Waals surface area contributed by atoms with E-state index >= 15 is 0 Å². The van der Waals surface area contributed by atoms with Crippen LogP contribution in [-0.4, -0.2) is 61.2 Å². The van der Waals surface area contributed by atoms with Crippen molar-refractivity contribution in [1.82, 2.24) is 19.5 Å². The number of aromatic nitrogens is 3. The van der Waals surface area contributed by atoms with Crippen molar-refractivity contribution in [1.29, 1.82) is 0 Å². The molecular formula is C29H39N5O4S. The Morgan fingerprint density at radius 1 is 1.03 bits per heavy atom. The lowest BCUT2D eigenvalue weighted by Crippen LogP contribution is -2.42. The molecular weight excluding hydrogens is 514 g/mol. The second kappa shape index (κ2) is 11.5. The van der Waals surface area contributed by atoms with E-state index in [4.69, 9.17) is 14.6 Å². The smallest absolute Gasteiger partial charge is 0.415 e. The van der Waals surface area contributed by atoms with Crippen molar-refractivity contribution in [2.24, 2.45) is 0 Å². The second-order valence-corrected chi connectivity index (χ2v) is 13.2. The molecule has 2 aromatic heterocycles. The van der Waals surface area contributed by atoms with E-state index in [0.717, 1.165) is 29.1 Å². The summed E-state index contributed by atoms with van der Waals surface area (Å²) in [4.78, 5) is 34.0. The molecule has 0 spiro atoms. The van der Waals surface area contributed by atoms with Gasteiger partial charge in [-0.15, -0.1) is 11.8 Å². The number of nitrogens with zero attached hydrogens (tertiary/aromatic N) is 5. The van der Waals surface area contributed by atoms with Crippen LogP contribution in [0.5, 0.6) is 0 Å². The zero-order chi connectivity index (χ0) is 28.4. The fourth-order valence-corrected chi connectivity index (χ4v) is 5.38. The van der Waals surface area contributed by atoms with Gasteiger partial charge in [-0.05, 0) is 72.9 Å². The Morgan fingerprint density at radius 2 is 1.67 bits per heavy atom. The number of carbonyl (C=O) groups excluding carboxylic acids is 2. The fraction of sp³-hybridized carbons (Fsp3) is 0.517. The molecule has 0 saturated carbocycles. The lowest BCUT2D eigenvalue weighted by Gasteiger charge is -2.33. The zero-order valence-electron chi connectivity index (χ0n) is 23.9. The standard InChI is InChI=1S/C29H39N5O4S/c1-20-18-30-25-23(33(27(36)38-29(5,6)7)19-21-11-9-8-10-12-21)17-24(31-34(20)25)39-22-13-15-32(16-14-22)26(35)37-28(2,3)4/h8-12,17-18,22H,13-16,19H2,1-7H3. The van der Waals surface area contributed by atoms with Crippen molar-refractivity contribution in [3.63, 3.8) is 0 Å². The first kappa shape index (κ1) is 28.7. The quantitative estimate of drug-likeness (QED) is 0.358. The van der Waals surface area contributed by atoms with Gasteiger partial charge in [0.05, 0.1) is 24.1 Å². The Bertz CT molecular complexity index is 1300. The lowest BCUT2D eigenvalue weighted by atomic mass is 10.1. The third-order valence-electron chi connectivity index (χ3n) is 6.07. The molecule has 1 fully saturated rings. The SMILES string of the molecule is Cc1cnc2c(N(Cc3ccccc3)C(=O)OC(C)(C)C)cc(SC3CCN(C(=O)OC(C)(C)C)CC3)nn12. The highest BCUT2D eigenvalue weighted by molar-refractivity contribution is 7.99. The van der Waals surface area contributed by atoms with Crippen LogP contribution in [0.4, 0.5) is 15.3 Å². The van der Waals surface area contributed by atoms with Gasteiger partial charge in [0.2, 0.25) is 0 Å². The number of hydrogen-bond donors (Lipinski definition) is 0. The number of anilines is 1. The summed E-state index contributed by atoms with van der Waals surface area (Å²) in [5.41, 5.74) is 1.92. The Morgan fingerprint density at radius 3 is 2.28 bits per heavy atom. The van der Waals surface area contributed by atoms with Gasteiger partial charge in [-0.3, -0.25) is 4.90 Å². The molecule has 0 unspecified atom stereocenters. The number of rotatable bonds is 5. The Balaban J connectivity index is 1.60. The number of benzene rings is 1. The Hall–Kier alpha value is -3.27. The number of fused-ring (bicyclic) bond motifs is 1. The van der Waals surface area contributed by atoms with E-state index < -0.39 is 17.3 Å². The molecule has 0 radical (unpaired) electrons. The van der Waals surface area contributed by atoms with Crippen LogP contribution in [0.1, 0.15) is 65.6 Å². The number of piperidine rings is 1. The van der Waals surface area contributed by atoms with Crippen LogP contribution < -0.4 is 4.90 Å². The van der Waals surface area contributed by atoms with Gasteiger partial charge < -0.3 is 14.4 Å². The van der Waals surface area contributed by atoms with Crippen LogP contribution in [0.2, 0.25) is 0 Å². The molecule has 210 valence electrons. The van der Waals surface area contributed by atoms with E-state index in [1.54, 1.807) is 32.3 Å². The van der Waals surface area contributed by atoms with Gasteiger partial charge in [-0.2, -0.15) is 5.10 Å². The topological polar surface area (TPSA) is 89.3 Å². The molecule has 39 heavy (non-hydrogen) atoms. The molecule has 0 aliphatic carbocycles. The van der Waals surface area contributed by atoms with Gasteiger partial charge >= 0.3 is 12.2 Å². The third-order valence-corrected chi connectivity index (χ3v) is 7.31. The highest BCUT2D eigenvalue weighted by Crippen LogP contribution is 2.34. The maximum absolute atomic E-state index is 13.5. The monoisotopic (exact) mass is 553 g/mol. The summed E-state index contributed by atoms with van der Waals surface area (Å²) in [7, 11) is 0. The summed E-state index contributed by atoms with van der Waals surface area (Å²) >= 11 is 1.66. The largest absolute Gasteiger partial charge is 0.444 e. The van der Waals surface area contributed by atoms with Crippen molar-refractivity contribution in [2.75, 3.05) is 18.0 Å². The molecule has 4 rings (SSSR count). The first-order valence-electron chi connectivity index (χ1n) is 13.3. The van der Waals surface area contributed by atoms with Gasteiger partial charge in [0.1, 0.15) is 16.2 Å². The van der Waals surface area contributed by atoms with Crippen molar-refractivity contribution in [3.8, 4) is 0 Å². The van der Waals surface area contributed by atoms with Crippen LogP contribution in [-0.2, 0) is 16.0 Å². The highest BCUT2D eigenvalue weighted by atomic mass is 32.2. The minimum Gasteiger partial charge on any atom is -0.444 e. The van der Waals surface area contributed by atoms with Gasteiger partial charge in [0.25, 0.3) is 0 Å². The molecule has 3 heterocycles. The third kappa shape index (κ3) is 7.65. The minimum atomic E-state index is -0.652. The first-order valence-corrected chi connectivity index (χ1v) is 14.2. The number of aryl methyl sites for hydroxylation is 1. The summed E-state index contributed by atoms with van der Waals surface area (Å²) in [6, 6.07) is 11.8. The summed E-state index contributed by atoms with van der Waals surface area (Å²) in [6.07, 6.45) is 2.69. The number of hydrogen-bond acceptors (Lipinski definition) is 7. The van der Waals surface area contributed by atoms with E-state index in [2.05, 4.69) is 4.98 Å². The van der Waals surface area contributed by atoms with Crippen molar-refractivity contribution in [2.45, 2.75) is 89.3 Å². The maximum atomic E-state index is 13.5. The predicted octanol–water partition coefficient (Wildman–Crippen LogP) is 6.47. The van der Waals surface area contributed by atoms with E-state index in [-0.39, 0.29) is 11.3 Å². The molecule has 1 aliphatic rings. The average Bonchev–Trinajstić information content (AvgIpc) is 3.21. The fourth-order valence-electron chi connectivity index (χ4n) is 4.28. The molecule has 1 aromatic carbocycles. The van der Waals surface area contributed by atoms with E-state index in [0.29, 0.717) is 31.0 Å². The Kier molecular flexibility index (Phi) is 8.44. The lowest BCUT2D eigenvalue weighted by molar-refractivity contribution is 0.0219. The minimum absolute atomic E-state index is 0.268. The molecule has 10 heteroatoms. The first-order chi connectivity index (χ1) is 18.3. The van der Waals surface area contributed by atoms with Crippen molar-refractivity contribution >= 4 is 35.3 Å². The van der Waals surface area contributed by atoms with Crippen LogP contribution >= 0.6 is 11.8 Å². The van der Waals surface area contributed by atoms with Crippen LogP contribution in [0.3, 0.4) is 0 Å².